The Morgan fingerprint density at radius 1 is 1.04 bits per heavy atom. The molecule has 2 nitrogen and oxygen atoms in total. The molecule has 3 aromatic rings. The zero-order valence-corrected chi connectivity index (χ0v) is 14.4. The molecule has 1 N–H and O–H groups in total. The lowest BCUT2D eigenvalue weighted by Crippen LogP contribution is -2.28. The third-order valence-electron chi connectivity index (χ3n) is 3.93. The van der Waals surface area contributed by atoms with Crippen molar-refractivity contribution in [1.29, 1.82) is 0 Å². The van der Waals surface area contributed by atoms with E-state index in [1.165, 1.54) is 17.8 Å². The number of hydrogen-bond donors (Lipinski definition) is 1. The van der Waals surface area contributed by atoms with Crippen LogP contribution in [0.3, 0.4) is 0 Å². The molecule has 0 aliphatic heterocycles. The van der Waals surface area contributed by atoms with E-state index in [0.717, 1.165) is 28.5 Å². The molecule has 0 fully saturated rings. The van der Waals surface area contributed by atoms with Crippen LogP contribution >= 0.6 is 11.8 Å². The van der Waals surface area contributed by atoms with Gasteiger partial charge in [0.25, 0.3) is 0 Å². The zero-order chi connectivity index (χ0) is 17.8. The number of thioether (sulfide) groups is 1. The molecule has 3 aromatic carbocycles. The van der Waals surface area contributed by atoms with Gasteiger partial charge in [-0.15, -0.1) is 11.8 Å². The van der Waals surface area contributed by atoms with Gasteiger partial charge >= 0.3 is 0 Å². The number of carbonyl (C=O) groups excluding carboxylic acids is 1. The van der Waals surface area contributed by atoms with Gasteiger partial charge < -0.3 is 5.32 Å². The van der Waals surface area contributed by atoms with Gasteiger partial charge in [0.15, 0.2) is 11.6 Å². The molecule has 0 saturated heterocycles. The summed E-state index contributed by atoms with van der Waals surface area (Å²) >= 11 is 1.17. The van der Waals surface area contributed by atoms with Crippen LogP contribution in [-0.2, 0) is 4.79 Å². The number of nitrogens with one attached hydrogen (secondary N) is 1. The van der Waals surface area contributed by atoms with Gasteiger partial charge in [0, 0.05) is 4.90 Å². The highest BCUT2D eigenvalue weighted by Gasteiger charge is 2.13. The minimum atomic E-state index is -0.908. The molecule has 128 valence electrons. The first-order valence-corrected chi connectivity index (χ1v) is 8.88. The lowest BCUT2D eigenvalue weighted by atomic mass is 10.00. The van der Waals surface area contributed by atoms with Gasteiger partial charge in [-0.05, 0) is 41.5 Å². The Kier molecular flexibility index (Phi) is 5.34. The van der Waals surface area contributed by atoms with E-state index in [1.807, 2.05) is 49.4 Å². The third kappa shape index (κ3) is 4.17. The lowest BCUT2D eigenvalue weighted by molar-refractivity contribution is -0.119. The van der Waals surface area contributed by atoms with E-state index < -0.39 is 11.6 Å². The van der Waals surface area contributed by atoms with Crippen LogP contribution in [-0.4, -0.2) is 11.7 Å². The third-order valence-corrected chi connectivity index (χ3v) is 4.92. The van der Waals surface area contributed by atoms with Crippen LogP contribution in [0.15, 0.2) is 65.6 Å². The van der Waals surface area contributed by atoms with E-state index in [2.05, 4.69) is 5.32 Å². The molecule has 3 rings (SSSR count). The topological polar surface area (TPSA) is 29.1 Å². The van der Waals surface area contributed by atoms with E-state index in [-0.39, 0.29) is 17.7 Å². The molecule has 0 saturated carbocycles. The maximum atomic E-state index is 13.2. The first kappa shape index (κ1) is 17.4. The van der Waals surface area contributed by atoms with Crippen molar-refractivity contribution in [2.24, 2.45) is 0 Å². The molecule has 0 spiro atoms. The van der Waals surface area contributed by atoms with Crippen molar-refractivity contribution in [1.82, 2.24) is 5.32 Å². The normalized spacial score (nSPS) is 12.1. The van der Waals surface area contributed by atoms with Crippen LogP contribution in [0.2, 0.25) is 0 Å². The summed E-state index contributed by atoms with van der Waals surface area (Å²) in [6, 6.07) is 17.5. The van der Waals surface area contributed by atoms with Crippen molar-refractivity contribution in [3.63, 3.8) is 0 Å². The van der Waals surface area contributed by atoms with E-state index in [9.17, 15) is 13.6 Å². The van der Waals surface area contributed by atoms with Crippen LogP contribution in [0.25, 0.3) is 10.8 Å². The van der Waals surface area contributed by atoms with Crippen LogP contribution < -0.4 is 5.32 Å². The summed E-state index contributed by atoms with van der Waals surface area (Å²) in [5.74, 6) is -1.82. The maximum absolute atomic E-state index is 13.2. The first-order valence-electron chi connectivity index (χ1n) is 7.89. The minimum Gasteiger partial charge on any atom is -0.349 e. The monoisotopic (exact) mass is 357 g/mol. The smallest absolute Gasteiger partial charge is 0.230 e. The van der Waals surface area contributed by atoms with Crippen molar-refractivity contribution in [2.45, 2.75) is 17.9 Å². The molecule has 0 aliphatic rings. The molecule has 1 atom stereocenters. The van der Waals surface area contributed by atoms with Gasteiger partial charge in [-0.1, -0.05) is 42.5 Å². The predicted molar refractivity (Wildman–Crippen MR) is 97.6 cm³/mol. The van der Waals surface area contributed by atoms with E-state index in [0.29, 0.717) is 4.90 Å². The van der Waals surface area contributed by atoms with Crippen molar-refractivity contribution in [2.75, 3.05) is 5.75 Å². The van der Waals surface area contributed by atoms with Gasteiger partial charge in [0.1, 0.15) is 0 Å². The summed E-state index contributed by atoms with van der Waals surface area (Å²) in [6.45, 7) is 1.93. The van der Waals surface area contributed by atoms with Crippen molar-refractivity contribution < 1.29 is 13.6 Å². The molecule has 25 heavy (non-hydrogen) atoms. The Morgan fingerprint density at radius 3 is 2.60 bits per heavy atom. The fourth-order valence-electron chi connectivity index (χ4n) is 2.70. The Bertz CT molecular complexity index is 908. The summed E-state index contributed by atoms with van der Waals surface area (Å²) in [5, 5.41) is 5.18. The summed E-state index contributed by atoms with van der Waals surface area (Å²) in [4.78, 5) is 12.7. The Morgan fingerprint density at radius 2 is 1.80 bits per heavy atom. The van der Waals surface area contributed by atoms with Gasteiger partial charge in [0.2, 0.25) is 5.91 Å². The second kappa shape index (κ2) is 7.66. The average molecular weight is 357 g/mol. The zero-order valence-electron chi connectivity index (χ0n) is 13.6. The highest BCUT2D eigenvalue weighted by molar-refractivity contribution is 8.00. The van der Waals surface area contributed by atoms with Gasteiger partial charge in [-0.3, -0.25) is 4.79 Å². The summed E-state index contributed by atoms with van der Waals surface area (Å²) < 4.78 is 26.1. The Balaban J connectivity index is 1.64. The predicted octanol–water partition coefficient (Wildman–Crippen LogP) is 5.09. The highest BCUT2D eigenvalue weighted by atomic mass is 32.2. The number of halogens is 2. The van der Waals surface area contributed by atoms with Gasteiger partial charge in [0.05, 0.1) is 11.8 Å². The standard InChI is InChI=1S/C20H17F2NOS/c1-13(16-8-4-6-14-5-2-3-7-17(14)16)23-20(24)12-25-15-9-10-18(21)19(22)11-15/h2-11,13H,12H2,1H3,(H,23,24)/t13-/m1/s1. The fraction of sp³-hybridized carbons (Fsp3) is 0.150. The number of amides is 1. The Labute approximate surface area is 149 Å². The molecule has 0 aromatic heterocycles. The van der Waals surface area contributed by atoms with Crippen molar-refractivity contribution >= 4 is 28.4 Å². The number of fused-ring (bicyclic) bond motifs is 1. The lowest BCUT2D eigenvalue weighted by Gasteiger charge is -2.16. The molecule has 0 aliphatic carbocycles. The van der Waals surface area contributed by atoms with Gasteiger partial charge in [-0.2, -0.15) is 0 Å². The summed E-state index contributed by atoms with van der Waals surface area (Å²) in [5.41, 5.74) is 1.05. The van der Waals surface area contributed by atoms with Crippen LogP contribution in [0.1, 0.15) is 18.5 Å². The number of rotatable bonds is 5. The summed E-state index contributed by atoms with van der Waals surface area (Å²) in [6.07, 6.45) is 0. The molecule has 0 heterocycles. The number of benzene rings is 3. The van der Waals surface area contributed by atoms with Crippen LogP contribution in [0, 0.1) is 11.6 Å². The maximum Gasteiger partial charge on any atom is 0.230 e. The molecule has 1 amide bonds. The second-order valence-corrected chi connectivity index (χ2v) is 6.77. The SMILES string of the molecule is C[C@@H](NC(=O)CSc1ccc(F)c(F)c1)c1cccc2ccccc12. The number of hydrogen-bond acceptors (Lipinski definition) is 2. The second-order valence-electron chi connectivity index (χ2n) is 5.72. The van der Waals surface area contributed by atoms with Crippen molar-refractivity contribution in [3.05, 3.63) is 77.9 Å². The van der Waals surface area contributed by atoms with E-state index in [4.69, 9.17) is 0 Å². The number of carbonyl (C=O) groups is 1. The van der Waals surface area contributed by atoms with E-state index in [1.54, 1.807) is 0 Å². The van der Waals surface area contributed by atoms with Crippen LogP contribution in [0.5, 0.6) is 0 Å². The minimum absolute atomic E-state index is 0.139. The molecular formula is C20H17F2NOS. The largest absolute Gasteiger partial charge is 0.349 e. The molecule has 5 heteroatoms. The Hall–Kier alpha value is -2.40. The molecule has 0 bridgehead atoms. The van der Waals surface area contributed by atoms with Crippen LogP contribution in [0.4, 0.5) is 8.78 Å². The average Bonchev–Trinajstić information content (AvgIpc) is 2.62. The quantitative estimate of drug-likeness (QED) is 0.645. The van der Waals surface area contributed by atoms with Gasteiger partial charge in [-0.25, -0.2) is 8.78 Å². The van der Waals surface area contributed by atoms with Crippen molar-refractivity contribution in [3.8, 4) is 0 Å². The fourth-order valence-corrected chi connectivity index (χ4v) is 3.44. The first-order chi connectivity index (χ1) is 12.0. The summed E-state index contributed by atoms with van der Waals surface area (Å²) in [7, 11) is 0. The molecular weight excluding hydrogens is 340 g/mol. The highest BCUT2D eigenvalue weighted by Crippen LogP contribution is 2.25. The van der Waals surface area contributed by atoms with E-state index >= 15 is 0 Å². The molecule has 0 unspecified atom stereocenters. The molecule has 0 radical (unpaired) electrons.